The third kappa shape index (κ3) is 4.74. The molecule has 3 aromatic rings. The smallest absolute Gasteiger partial charge is 0.270 e. The van der Waals surface area contributed by atoms with Crippen LogP contribution in [0.4, 0.5) is 11.4 Å². The van der Waals surface area contributed by atoms with Gasteiger partial charge in [-0.15, -0.1) is 0 Å². The number of carbonyl (C=O) groups is 3. The molecular formula is C24H22Cl2N4O3. The van der Waals surface area contributed by atoms with E-state index in [1.165, 1.54) is 4.90 Å². The summed E-state index contributed by atoms with van der Waals surface area (Å²) in [5, 5.41) is 3.44. The Morgan fingerprint density at radius 2 is 1.70 bits per heavy atom. The molecular weight excluding hydrogens is 463 g/mol. The molecule has 9 heteroatoms. The first-order valence-electron chi connectivity index (χ1n) is 10.4. The molecule has 1 atom stereocenters. The Bertz CT molecular complexity index is 1230. The lowest BCUT2D eigenvalue weighted by atomic mass is 10.1. The number of nitrogens with one attached hydrogen (secondary N) is 2. The van der Waals surface area contributed by atoms with Crippen LogP contribution >= 0.6 is 23.2 Å². The molecule has 1 fully saturated rings. The fourth-order valence-electron chi connectivity index (χ4n) is 3.81. The fourth-order valence-corrected chi connectivity index (χ4v) is 4.21. The van der Waals surface area contributed by atoms with Gasteiger partial charge in [0.25, 0.3) is 5.91 Å². The van der Waals surface area contributed by atoms with E-state index in [0.29, 0.717) is 22.0 Å². The Labute approximate surface area is 201 Å². The lowest BCUT2D eigenvalue weighted by molar-refractivity contribution is -0.122. The highest BCUT2D eigenvalue weighted by Gasteiger charge is 2.36. The SMILES string of the molecule is Cc1ccc(C)n1NC(=O)c1cccc(NC(=O)[C@@H]2CC(=O)N(c3cccc(Cl)c3Cl)C2)c1. The Kier molecular flexibility index (Phi) is 6.44. The topological polar surface area (TPSA) is 83.4 Å². The number of amides is 3. The van der Waals surface area contributed by atoms with Gasteiger partial charge in [0.05, 0.1) is 21.7 Å². The molecule has 7 nitrogen and oxygen atoms in total. The zero-order chi connectivity index (χ0) is 23.7. The second-order valence-electron chi connectivity index (χ2n) is 7.94. The Balaban J connectivity index is 1.44. The second kappa shape index (κ2) is 9.29. The number of halogens is 2. The Hall–Kier alpha value is -3.29. The normalized spacial score (nSPS) is 15.6. The number of carbonyl (C=O) groups excluding carboxylic acids is 3. The van der Waals surface area contributed by atoms with Gasteiger partial charge in [-0.05, 0) is 56.3 Å². The number of anilines is 2. The summed E-state index contributed by atoms with van der Waals surface area (Å²) >= 11 is 12.3. The highest BCUT2D eigenvalue weighted by molar-refractivity contribution is 6.44. The Morgan fingerprint density at radius 1 is 1.00 bits per heavy atom. The minimum atomic E-state index is -0.560. The largest absolute Gasteiger partial charge is 0.326 e. The summed E-state index contributed by atoms with van der Waals surface area (Å²) in [4.78, 5) is 39.6. The van der Waals surface area contributed by atoms with E-state index in [-0.39, 0.29) is 35.7 Å². The second-order valence-corrected chi connectivity index (χ2v) is 8.73. The number of aromatic nitrogens is 1. The lowest BCUT2D eigenvalue weighted by Gasteiger charge is -2.18. The highest BCUT2D eigenvalue weighted by Crippen LogP contribution is 2.36. The van der Waals surface area contributed by atoms with Crippen molar-refractivity contribution in [3.63, 3.8) is 0 Å². The maximum Gasteiger partial charge on any atom is 0.270 e. The van der Waals surface area contributed by atoms with E-state index in [2.05, 4.69) is 10.7 Å². The van der Waals surface area contributed by atoms with Gasteiger partial charge < -0.3 is 10.2 Å². The summed E-state index contributed by atoms with van der Waals surface area (Å²) < 4.78 is 1.70. The molecule has 3 amide bonds. The van der Waals surface area contributed by atoms with Gasteiger partial charge >= 0.3 is 0 Å². The lowest BCUT2D eigenvalue weighted by Crippen LogP contribution is -2.28. The van der Waals surface area contributed by atoms with Gasteiger partial charge in [0.15, 0.2) is 0 Å². The monoisotopic (exact) mass is 484 g/mol. The molecule has 170 valence electrons. The maximum atomic E-state index is 12.9. The molecule has 2 aromatic carbocycles. The van der Waals surface area contributed by atoms with Gasteiger partial charge in [0, 0.05) is 35.6 Å². The van der Waals surface area contributed by atoms with E-state index in [1.807, 2.05) is 26.0 Å². The van der Waals surface area contributed by atoms with Crippen LogP contribution in [-0.4, -0.2) is 28.9 Å². The predicted octanol–water partition coefficient (Wildman–Crippen LogP) is 4.79. The molecule has 1 aliphatic rings. The van der Waals surface area contributed by atoms with E-state index < -0.39 is 5.92 Å². The van der Waals surface area contributed by atoms with Crippen molar-refractivity contribution >= 4 is 52.3 Å². The first-order chi connectivity index (χ1) is 15.7. The summed E-state index contributed by atoms with van der Waals surface area (Å²) in [5.74, 6) is -1.37. The fraction of sp³-hybridized carbons (Fsp3) is 0.208. The number of benzene rings is 2. The molecule has 33 heavy (non-hydrogen) atoms. The molecule has 0 aliphatic carbocycles. The van der Waals surface area contributed by atoms with Crippen LogP contribution in [0.3, 0.4) is 0 Å². The van der Waals surface area contributed by atoms with Gasteiger partial charge in [-0.2, -0.15) is 0 Å². The summed E-state index contributed by atoms with van der Waals surface area (Å²) in [7, 11) is 0. The molecule has 0 bridgehead atoms. The minimum Gasteiger partial charge on any atom is -0.326 e. The molecule has 1 aliphatic heterocycles. The summed E-state index contributed by atoms with van der Waals surface area (Å²) in [6.07, 6.45) is 0.0566. The summed E-state index contributed by atoms with van der Waals surface area (Å²) in [6.45, 7) is 3.98. The molecule has 2 heterocycles. The van der Waals surface area contributed by atoms with Crippen molar-refractivity contribution in [1.29, 1.82) is 0 Å². The molecule has 4 rings (SSSR count). The molecule has 1 aromatic heterocycles. The number of aryl methyl sites for hydroxylation is 2. The first-order valence-corrected chi connectivity index (χ1v) is 11.1. The van der Waals surface area contributed by atoms with Crippen LogP contribution in [0, 0.1) is 19.8 Å². The van der Waals surface area contributed by atoms with Gasteiger partial charge in [-0.1, -0.05) is 35.3 Å². The van der Waals surface area contributed by atoms with Crippen molar-refractivity contribution in [2.75, 3.05) is 22.2 Å². The molecule has 0 saturated carbocycles. The number of hydrogen-bond acceptors (Lipinski definition) is 3. The van der Waals surface area contributed by atoms with Crippen LogP contribution in [0.1, 0.15) is 28.2 Å². The van der Waals surface area contributed by atoms with Crippen molar-refractivity contribution in [3.8, 4) is 0 Å². The third-order valence-electron chi connectivity index (χ3n) is 5.59. The molecule has 0 radical (unpaired) electrons. The van der Waals surface area contributed by atoms with Crippen molar-refractivity contribution in [2.24, 2.45) is 5.92 Å². The zero-order valence-electron chi connectivity index (χ0n) is 18.1. The maximum absolute atomic E-state index is 12.9. The van der Waals surface area contributed by atoms with Crippen LogP contribution < -0.4 is 15.6 Å². The average Bonchev–Trinajstić information content (AvgIpc) is 3.33. The number of nitrogens with zero attached hydrogens (tertiary/aromatic N) is 2. The van der Waals surface area contributed by atoms with E-state index >= 15 is 0 Å². The van der Waals surface area contributed by atoms with E-state index in [9.17, 15) is 14.4 Å². The van der Waals surface area contributed by atoms with Crippen LogP contribution in [0.25, 0.3) is 0 Å². The van der Waals surface area contributed by atoms with Crippen LogP contribution in [0.2, 0.25) is 10.0 Å². The van der Waals surface area contributed by atoms with E-state index in [0.717, 1.165) is 11.4 Å². The standard InChI is InChI=1S/C24H22Cl2N4O3/c1-14-9-10-15(2)30(14)28-24(33)16-5-3-6-18(11-16)27-23(32)17-12-21(31)29(13-17)20-8-4-7-19(25)22(20)26/h3-11,17H,12-13H2,1-2H3,(H,27,32)(H,28,33)/t17-/m1/s1. The van der Waals surface area contributed by atoms with Gasteiger partial charge in [0.1, 0.15) is 0 Å². The summed E-state index contributed by atoms with van der Waals surface area (Å²) in [5.41, 5.74) is 6.00. The first kappa shape index (κ1) is 22.9. The van der Waals surface area contributed by atoms with Crippen molar-refractivity contribution in [1.82, 2.24) is 4.68 Å². The Morgan fingerprint density at radius 3 is 2.42 bits per heavy atom. The van der Waals surface area contributed by atoms with Crippen LogP contribution in [0.5, 0.6) is 0 Å². The van der Waals surface area contributed by atoms with Crippen molar-refractivity contribution in [2.45, 2.75) is 20.3 Å². The summed E-state index contributed by atoms with van der Waals surface area (Å²) in [6, 6.07) is 15.5. The van der Waals surface area contributed by atoms with Gasteiger partial charge in [-0.25, -0.2) is 0 Å². The van der Waals surface area contributed by atoms with Gasteiger partial charge in [0.2, 0.25) is 11.8 Å². The van der Waals surface area contributed by atoms with E-state index in [1.54, 1.807) is 47.1 Å². The quantitative estimate of drug-likeness (QED) is 0.546. The van der Waals surface area contributed by atoms with Crippen LogP contribution in [0.15, 0.2) is 54.6 Å². The average molecular weight is 485 g/mol. The predicted molar refractivity (Wildman–Crippen MR) is 130 cm³/mol. The minimum absolute atomic E-state index is 0.0566. The number of hydrogen-bond donors (Lipinski definition) is 2. The number of rotatable bonds is 5. The highest BCUT2D eigenvalue weighted by atomic mass is 35.5. The van der Waals surface area contributed by atoms with Crippen LogP contribution in [-0.2, 0) is 9.59 Å². The van der Waals surface area contributed by atoms with E-state index in [4.69, 9.17) is 23.2 Å². The molecule has 0 unspecified atom stereocenters. The molecule has 2 N–H and O–H groups in total. The van der Waals surface area contributed by atoms with Gasteiger partial charge in [-0.3, -0.25) is 24.5 Å². The molecule has 1 saturated heterocycles. The zero-order valence-corrected chi connectivity index (χ0v) is 19.6. The van der Waals surface area contributed by atoms with Crippen molar-refractivity contribution in [3.05, 3.63) is 81.6 Å². The third-order valence-corrected chi connectivity index (χ3v) is 6.40. The van der Waals surface area contributed by atoms with Crippen molar-refractivity contribution < 1.29 is 14.4 Å². The molecule has 0 spiro atoms.